The van der Waals surface area contributed by atoms with E-state index >= 15 is 0 Å². The summed E-state index contributed by atoms with van der Waals surface area (Å²) in [5.41, 5.74) is 4.49. The molecule has 0 aliphatic rings. The smallest absolute Gasteiger partial charge is 0.136 e. The number of pyridine rings is 1. The average molecular weight is 208 g/mol. The Bertz CT molecular complexity index is 624. The molecule has 0 aliphatic heterocycles. The van der Waals surface area contributed by atoms with Gasteiger partial charge in [-0.05, 0) is 30.2 Å². The summed E-state index contributed by atoms with van der Waals surface area (Å²) in [5, 5.41) is 0. The van der Waals surface area contributed by atoms with Crippen molar-refractivity contribution in [2.45, 2.75) is 6.92 Å². The van der Waals surface area contributed by atoms with Crippen LogP contribution < -0.4 is 0 Å². The molecule has 0 aliphatic carbocycles. The minimum atomic E-state index is 0.997. The van der Waals surface area contributed by atoms with Gasteiger partial charge in [-0.2, -0.15) is 0 Å². The van der Waals surface area contributed by atoms with Crippen molar-refractivity contribution in [1.82, 2.24) is 9.38 Å². The molecule has 0 spiro atoms. The number of benzene rings is 1. The molecule has 1 aromatic carbocycles. The van der Waals surface area contributed by atoms with Crippen LogP contribution in [-0.4, -0.2) is 9.38 Å². The second-order valence-electron chi connectivity index (χ2n) is 3.93. The Kier molecular flexibility index (Phi) is 2.00. The van der Waals surface area contributed by atoms with Crippen LogP contribution in [0.3, 0.4) is 0 Å². The molecule has 3 aromatic rings. The van der Waals surface area contributed by atoms with Gasteiger partial charge in [0.05, 0.1) is 5.69 Å². The quantitative estimate of drug-likeness (QED) is 0.599. The Hall–Kier alpha value is -2.09. The molecule has 0 saturated carbocycles. The van der Waals surface area contributed by atoms with Crippen molar-refractivity contribution in [1.29, 1.82) is 0 Å². The van der Waals surface area contributed by atoms with Gasteiger partial charge in [0, 0.05) is 12.4 Å². The molecular weight excluding hydrogens is 196 g/mol. The highest BCUT2D eigenvalue weighted by Gasteiger charge is 2.00. The van der Waals surface area contributed by atoms with Gasteiger partial charge in [0.2, 0.25) is 0 Å². The second kappa shape index (κ2) is 3.49. The number of nitrogens with zero attached hydrogens (tertiary/aromatic N) is 2. The van der Waals surface area contributed by atoms with Crippen molar-refractivity contribution >= 4 is 5.65 Å². The van der Waals surface area contributed by atoms with Crippen LogP contribution in [0.2, 0.25) is 0 Å². The number of rotatable bonds is 1. The molecule has 0 amide bonds. The third-order valence-electron chi connectivity index (χ3n) is 2.68. The van der Waals surface area contributed by atoms with Crippen LogP contribution in [0.4, 0.5) is 0 Å². The molecule has 16 heavy (non-hydrogen) atoms. The van der Waals surface area contributed by atoms with E-state index < -0.39 is 0 Å². The molecule has 0 unspecified atom stereocenters. The summed E-state index contributed by atoms with van der Waals surface area (Å²) in [5.74, 6) is 0. The Balaban J connectivity index is 2.18. The third-order valence-corrected chi connectivity index (χ3v) is 2.68. The summed E-state index contributed by atoms with van der Waals surface area (Å²) in [6, 6.07) is 14.5. The Morgan fingerprint density at radius 3 is 2.50 bits per heavy atom. The van der Waals surface area contributed by atoms with Crippen LogP contribution in [0.25, 0.3) is 16.8 Å². The lowest BCUT2D eigenvalue weighted by Crippen LogP contribution is -1.84. The lowest BCUT2D eigenvalue weighted by molar-refractivity contribution is 1.19. The first-order valence-corrected chi connectivity index (χ1v) is 5.34. The van der Waals surface area contributed by atoms with E-state index in [1.54, 1.807) is 0 Å². The molecule has 2 nitrogen and oxygen atoms in total. The number of imidazole rings is 1. The molecule has 0 saturated heterocycles. The topological polar surface area (TPSA) is 17.3 Å². The molecule has 0 N–H and O–H groups in total. The molecule has 3 rings (SSSR count). The molecular formula is C14H12N2. The zero-order chi connectivity index (χ0) is 11.0. The van der Waals surface area contributed by atoms with E-state index in [1.165, 1.54) is 11.1 Å². The maximum atomic E-state index is 4.41. The molecule has 0 radical (unpaired) electrons. The summed E-state index contributed by atoms with van der Waals surface area (Å²) in [4.78, 5) is 4.41. The highest BCUT2D eigenvalue weighted by Crippen LogP contribution is 2.19. The number of hydrogen-bond donors (Lipinski definition) is 0. The second-order valence-corrected chi connectivity index (χ2v) is 3.93. The molecule has 0 bridgehead atoms. The van der Waals surface area contributed by atoms with Crippen LogP contribution in [0, 0.1) is 6.92 Å². The van der Waals surface area contributed by atoms with E-state index in [0.717, 1.165) is 11.3 Å². The van der Waals surface area contributed by atoms with Crippen LogP contribution in [0.1, 0.15) is 5.69 Å². The van der Waals surface area contributed by atoms with Gasteiger partial charge in [-0.1, -0.05) is 30.3 Å². The van der Waals surface area contributed by atoms with E-state index in [1.807, 2.05) is 19.2 Å². The summed E-state index contributed by atoms with van der Waals surface area (Å²) >= 11 is 0. The van der Waals surface area contributed by atoms with Crippen LogP contribution >= 0.6 is 0 Å². The summed E-state index contributed by atoms with van der Waals surface area (Å²) in [6.07, 6.45) is 4.16. The molecule has 2 heterocycles. The first kappa shape index (κ1) is 9.16. The Morgan fingerprint density at radius 2 is 1.69 bits per heavy atom. The highest BCUT2D eigenvalue weighted by molar-refractivity contribution is 5.64. The summed E-state index contributed by atoms with van der Waals surface area (Å²) in [7, 11) is 0. The fourth-order valence-electron chi connectivity index (χ4n) is 1.92. The van der Waals surface area contributed by atoms with Crippen molar-refractivity contribution in [2.75, 3.05) is 0 Å². The van der Waals surface area contributed by atoms with Gasteiger partial charge < -0.3 is 4.40 Å². The van der Waals surface area contributed by atoms with E-state index in [-0.39, 0.29) is 0 Å². The molecule has 2 heteroatoms. The molecule has 78 valence electrons. The molecule has 0 atom stereocenters. The summed E-state index contributed by atoms with van der Waals surface area (Å²) in [6.45, 7) is 2.01. The zero-order valence-electron chi connectivity index (χ0n) is 9.09. The number of aromatic nitrogens is 2. The fourth-order valence-corrected chi connectivity index (χ4v) is 1.92. The Labute approximate surface area is 94.2 Å². The van der Waals surface area contributed by atoms with Crippen LogP contribution in [-0.2, 0) is 0 Å². The number of aryl methyl sites for hydroxylation is 1. The van der Waals surface area contributed by atoms with Crippen molar-refractivity contribution in [3.8, 4) is 11.1 Å². The average Bonchev–Trinajstić information content (AvgIpc) is 2.69. The van der Waals surface area contributed by atoms with Gasteiger partial charge in [0.15, 0.2) is 0 Å². The maximum Gasteiger partial charge on any atom is 0.136 e. The largest absolute Gasteiger partial charge is 0.306 e. The van der Waals surface area contributed by atoms with Crippen molar-refractivity contribution in [3.63, 3.8) is 0 Å². The normalized spacial score (nSPS) is 10.8. The van der Waals surface area contributed by atoms with Crippen LogP contribution in [0.5, 0.6) is 0 Å². The van der Waals surface area contributed by atoms with E-state index in [2.05, 4.69) is 52.0 Å². The lowest BCUT2D eigenvalue weighted by Gasteiger charge is -2.01. The monoisotopic (exact) mass is 208 g/mol. The van der Waals surface area contributed by atoms with Gasteiger partial charge >= 0.3 is 0 Å². The highest BCUT2D eigenvalue weighted by atomic mass is 15.0. The maximum absolute atomic E-state index is 4.41. The van der Waals surface area contributed by atoms with Gasteiger partial charge in [-0.3, -0.25) is 0 Å². The van der Waals surface area contributed by atoms with Crippen molar-refractivity contribution in [3.05, 3.63) is 60.6 Å². The van der Waals surface area contributed by atoms with Gasteiger partial charge in [-0.15, -0.1) is 0 Å². The van der Waals surface area contributed by atoms with Crippen molar-refractivity contribution < 1.29 is 0 Å². The SMILES string of the molecule is Cc1cn2cc(-c3ccccc3)ccc2n1. The minimum absolute atomic E-state index is 0.997. The summed E-state index contributed by atoms with van der Waals surface area (Å²) < 4.78 is 2.07. The third kappa shape index (κ3) is 1.48. The molecule has 0 fully saturated rings. The van der Waals surface area contributed by atoms with Crippen molar-refractivity contribution in [2.24, 2.45) is 0 Å². The number of fused-ring (bicyclic) bond motifs is 1. The predicted octanol–water partition coefficient (Wildman–Crippen LogP) is 3.31. The molecule has 2 aromatic heterocycles. The van der Waals surface area contributed by atoms with Gasteiger partial charge in [-0.25, -0.2) is 4.98 Å². The van der Waals surface area contributed by atoms with Gasteiger partial charge in [0.1, 0.15) is 5.65 Å². The zero-order valence-corrected chi connectivity index (χ0v) is 9.09. The standard InChI is InChI=1S/C14H12N2/c1-11-9-16-10-13(7-8-14(16)15-11)12-5-3-2-4-6-12/h2-10H,1H3. The lowest BCUT2D eigenvalue weighted by atomic mass is 10.1. The predicted molar refractivity (Wildman–Crippen MR) is 65.4 cm³/mol. The fraction of sp³-hybridized carbons (Fsp3) is 0.0714. The minimum Gasteiger partial charge on any atom is -0.306 e. The van der Waals surface area contributed by atoms with E-state index in [9.17, 15) is 0 Å². The first-order chi connectivity index (χ1) is 7.83. The van der Waals surface area contributed by atoms with E-state index in [4.69, 9.17) is 0 Å². The number of hydrogen-bond acceptors (Lipinski definition) is 1. The first-order valence-electron chi connectivity index (χ1n) is 5.34. The Morgan fingerprint density at radius 1 is 0.875 bits per heavy atom. The van der Waals surface area contributed by atoms with Gasteiger partial charge in [0.25, 0.3) is 0 Å². The van der Waals surface area contributed by atoms with E-state index in [0.29, 0.717) is 0 Å². The van der Waals surface area contributed by atoms with Crippen LogP contribution in [0.15, 0.2) is 54.9 Å².